The molecule has 1 amide bonds. The number of aromatic hydroxyl groups is 1. The fourth-order valence-corrected chi connectivity index (χ4v) is 3.89. The predicted molar refractivity (Wildman–Crippen MR) is 117 cm³/mol. The predicted octanol–water partition coefficient (Wildman–Crippen LogP) is 4.61. The maximum atomic E-state index is 14.0. The average Bonchev–Trinajstić information content (AvgIpc) is 3.06. The Bertz CT molecular complexity index is 1300. The minimum absolute atomic E-state index is 0.0469. The molecular formula is C25H19F2NO5. The number of benzene rings is 3. The van der Waals surface area contributed by atoms with Gasteiger partial charge in [0.2, 0.25) is 0 Å². The van der Waals surface area contributed by atoms with Crippen LogP contribution < -0.4 is 9.64 Å². The Balaban J connectivity index is 1.94. The van der Waals surface area contributed by atoms with Gasteiger partial charge in [-0.2, -0.15) is 0 Å². The number of hydrogen-bond donors (Lipinski definition) is 2. The standard InChI is InChI=1S/C25H19F2NO5/c1-13-11-15(5-10-20(13)33-2)23(30)21-22(14-3-7-17(29)8-4-14)28(25(32)24(21)31)16-6-9-18(26)19(27)12-16/h3-12,22,29-30H,1-2H3/b23-21+. The summed E-state index contributed by atoms with van der Waals surface area (Å²) in [4.78, 5) is 27.1. The number of Topliss-reactive ketones (excluding diaryl/α,β-unsaturated/α-hetero) is 1. The molecule has 1 aliphatic heterocycles. The second-order valence-electron chi connectivity index (χ2n) is 7.54. The van der Waals surface area contributed by atoms with E-state index in [4.69, 9.17) is 4.74 Å². The van der Waals surface area contributed by atoms with Crippen LogP contribution in [0.4, 0.5) is 14.5 Å². The third-order valence-electron chi connectivity index (χ3n) is 5.50. The highest BCUT2D eigenvalue weighted by Crippen LogP contribution is 2.43. The Morgan fingerprint density at radius 1 is 0.970 bits per heavy atom. The number of aryl methyl sites for hydroxylation is 1. The topological polar surface area (TPSA) is 87.1 Å². The van der Waals surface area contributed by atoms with E-state index in [1.54, 1.807) is 25.1 Å². The van der Waals surface area contributed by atoms with E-state index < -0.39 is 35.1 Å². The number of aliphatic hydroxyl groups excluding tert-OH is 1. The van der Waals surface area contributed by atoms with Crippen LogP contribution in [0.3, 0.4) is 0 Å². The van der Waals surface area contributed by atoms with Crippen LogP contribution >= 0.6 is 0 Å². The molecule has 0 bridgehead atoms. The molecule has 1 heterocycles. The van der Waals surface area contributed by atoms with Crippen molar-refractivity contribution in [2.45, 2.75) is 13.0 Å². The van der Waals surface area contributed by atoms with E-state index in [1.807, 2.05) is 0 Å². The number of aliphatic hydroxyl groups is 1. The van der Waals surface area contributed by atoms with Crippen molar-refractivity contribution in [3.05, 3.63) is 94.6 Å². The number of ether oxygens (including phenoxy) is 1. The van der Waals surface area contributed by atoms with Crippen molar-refractivity contribution < 1.29 is 33.3 Å². The maximum absolute atomic E-state index is 14.0. The number of amides is 1. The van der Waals surface area contributed by atoms with Gasteiger partial charge in [0, 0.05) is 17.3 Å². The van der Waals surface area contributed by atoms with Gasteiger partial charge < -0.3 is 14.9 Å². The lowest BCUT2D eigenvalue weighted by Gasteiger charge is -2.25. The molecule has 2 N–H and O–H groups in total. The molecule has 1 unspecified atom stereocenters. The molecule has 1 saturated heterocycles. The third kappa shape index (κ3) is 3.80. The first-order chi connectivity index (χ1) is 15.7. The largest absolute Gasteiger partial charge is 0.508 e. The number of methoxy groups -OCH3 is 1. The molecule has 3 aromatic carbocycles. The molecule has 168 valence electrons. The number of ketones is 1. The second-order valence-corrected chi connectivity index (χ2v) is 7.54. The first-order valence-corrected chi connectivity index (χ1v) is 9.93. The molecule has 1 aliphatic rings. The zero-order valence-electron chi connectivity index (χ0n) is 17.7. The molecule has 0 saturated carbocycles. The molecule has 1 atom stereocenters. The third-order valence-corrected chi connectivity index (χ3v) is 5.50. The number of rotatable bonds is 4. The number of carbonyl (C=O) groups excluding carboxylic acids is 2. The number of halogens is 2. The quantitative estimate of drug-likeness (QED) is 0.344. The summed E-state index contributed by atoms with van der Waals surface area (Å²) in [6, 6.07) is 12.1. The van der Waals surface area contributed by atoms with E-state index in [-0.39, 0.29) is 22.6 Å². The monoisotopic (exact) mass is 451 g/mol. The minimum atomic E-state index is -1.19. The zero-order valence-corrected chi connectivity index (χ0v) is 17.7. The first-order valence-electron chi connectivity index (χ1n) is 9.93. The number of phenols is 1. The molecule has 0 aromatic heterocycles. The molecule has 4 rings (SSSR count). The van der Waals surface area contributed by atoms with Crippen molar-refractivity contribution >= 4 is 23.1 Å². The van der Waals surface area contributed by atoms with E-state index in [1.165, 1.54) is 37.4 Å². The Morgan fingerprint density at radius 3 is 2.27 bits per heavy atom. The summed E-state index contributed by atoms with van der Waals surface area (Å²) in [5, 5.41) is 20.8. The van der Waals surface area contributed by atoms with Crippen LogP contribution in [0.25, 0.3) is 5.76 Å². The Kier molecular flexibility index (Phi) is 5.59. The fourth-order valence-electron chi connectivity index (χ4n) is 3.89. The van der Waals surface area contributed by atoms with Crippen molar-refractivity contribution in [1.29, 1.82) is 0 Å². The molecule has 33 heavy (non-hydrogen) atoms. The fraction of sp³-hybridized carbons (Fsp3) is 0.120. The summed E-state index contributed by atoms with van der Waals surface area (Å²) >= 11 is 0. The van der Waals surface area contributed by atoms with Gasteiger partial charge >= 0.3 is 0 Å². The first kappa shape index (κ1) is 22.0. The Labute approximate surface area is 188 Å². The number of carbonyl (C=O) groups is 2. The number of anilines is 1. The summed E-state index contributed by atoms with van der Waals surface area (Å²) in [5.74, 6) is -4.19. The zero-order chi connectivity index (χ0) is 23.9. The van der Waals surface area contributed by atoms with Gasteiger partial charge in [-0.1, -0.05) is 12.1 Å². The van der Waals surface area contributed by atoms with Crippen molar-refractivity contribution in [3.8, 4) is 11.5 Å². The second kappa shape index (κ2) is 8.38. The molecule has 1 fully saturated rings. The highest BCUT2D eigenvalue weighted by atomic mass is 19.2. The van der Waals surface area contributed by atoms with E-state index in [0.29, 0.717) is 16.9 Å². The highest BCUT2D eigenvalue weighted by Gasteiger charge is 2.47. The van der Waals surface area contributed by atoms with E-state index in [0.717, 1.165) is 17.0 Å². The van der Waals surface area contributed by atoms with Crippen LogP contribution in [0.5, 0.6) is 11.5 Å². The van der Waals surface area contributed by atoms with Crippen LogP contribution in [-0.2, 0) is 9.59 Å². The van der Waals surface area contributed by atoms with Crippen molar-refractivity contribution in [1.82, 2.24) is 0 Å². The lowest BCUT2D eigenvalue weighted by atomic mass is 9.94. The normalized spacial score (nSPS) is 17.5. The SMILES string of the molecule is COc1ccc(/C(O)=C2\C(=O)C(=O)N(c3ccc(F)c(F)c3)C2c2ccc(O)cc2)cc1C. The molecule has 0 aliphatic carbocycles. The Hall–Kier alpha value is -4.20. The van der Waals surface area contributed by atoms with Gasteiger partial charge in [-0.05, 0) is 60.5 Å². The Morgan fingerprint density at radius 2 is 1.67 bits per heavy atom. The van der Waals surface area contributed by atoms with Crippen molar-refractivity contribution in [3.63, 3.8) is 0 Å². The lowest BCUT2D eigenvalue weighted by Crippen LogP contribution is -2.29. The number of hydrogen-bond acceptors (Lipinski definition) is 5. The van der Waals surface area contributed by atoms with Crippen LogP contribution in [0.1, 0.15) is 22.7 Å². The summed E-state index contributed by atoms with van der Waals surface area (Å²) in [5.41, 5.74) is 1.07. The van der Waals surface area contributed by atoms with Gasteiger partial charge in [-0.3, -0.25) is 14.5 Å². The summed E-state index contributed by atoms with van der Waals surface area (Å²) in [6.45, 7) is 1.76. The van der Waals surface area contributed by atoms with E-state index in [9.17, 15) is 28.6 Å². The van der Waals surface area contributed by atoms with Crippen LogP contribution in [0.15, 0.2) is 66.2 Å². The molecule has 6 nitrogen and oxygen atoms in total. The molecule has 0 spiro atoms. The van der Waals surface area contributed by atoms with Gasteiger partial charge in [0.15, 0.2) is 11.6 Å². The lowest BCUT2D eigenvalue weighted by molar-refractivity contribution is -0.132. The number of nitrogens with zero attached hydrogens (tertiary/aromatic N) is 1. The van der Waals surface area contributed by atoms with E-state index in [2.05, 4.69) is 0 Å². The summed E-state index contributed by atoms with van der Waals surface area (Å²) in [6.07, 6.45) is 0. The molecule has 8 heteroatoms. The van der Waals surface area contributed by atoms with Gasteiger partial charge in [0.05, 0.1) is 18.7 Å². The van der Waals surface area contributed by atoms with Gasteiger partial charge in [-0.25, -0.2) is 8.78 Å². The van der Waals surface area contributed by atoms with Crippen LogP contribution in [-0.4, -0.2) is 29.0 Å². The molecular weight excluding hydrogens is 432 g/mol. The van der Waals surface area contributed by atoms with Gasteiger partial charge in [-0.15, -0.1) is 0 Å². The molecule has 0 radical (unpaired) electrons. The van der Waals surface area contributed by atoms with Crippen molar-refractivity contribution in [2.75, 3.05) is 12.0 Å². The average molecular weight is 451 g/mol. The minimum Gasteiger partial charge on any atom is -0.508 e. The van der Waals surface area contributed by atoms with Gasteiger partial charge in [0.25, 0.3) is 11.7 Å². The smallest absolute Gasteiger partial charge is 0.300 e. The summed E-state index contributed by atoms with van der Waals surface area (Å²) in [7, 11) is 1.50. The summed E-state index contributed by atoms with van der Waals surface area (Å²) < 4.78 is 32.7. The van der Waals surface area contributed by atoms with E-state index >= 15 is 0 Å². The van der Waals surface area contributed by atoms with Crippen molar-refractivity contribution in [2.24, 2.45) is 0 Å². The number of phenolic OH excluding ortho intramolecular Hbond substituents is 1. The maximum Gasteiger partial charge on any atom is 0.300 e. The highest BCUT2D eigenvalue weighted by molar-refractivity contribution is 6.51. The van der Waals surface area contributed by atoms with Crippen LogP contribution in [0, 0.1) is 18.6 Å². The molecule has 3 aromatic rings. The van der Waals surface area contributed by atoms with Crippen LogP contribution in [0.2, 0.25) is 0 Å². The van der Waals surface area contributed by atoms with Gasteiger partial charge in [0.1, 0.15) is 17.3 Å².